The third-order valence-electron chi connectivity index (χ3n) is 6.89. The lowest BCUT2D eigenvalue weighted by Crippen LogP contribution is -2.42. The van der Waals surface area contributed by atoms with Crippen molar-refractivity contribution in [3.05, 3.63) is 65.2 Å². The molecule has 7 atom stereocenters. The first-order valence-electron chi connectivity index (χ1n) is 13.0. The molecular weight excluding hydrogens is 569 g/mol. The zero-order chi connectivity index (χ0) is 31.0. The summed E-state index contributed by atoms with van der Waals surface area (Å²) in [5.74, 6) is 0. The number of aromatic amines is 2. The lowest BCUT2D eigenvalue weighted by atomic mass is 10.2. The van der Waals surface area contributed by atoms with Crippen molar-refractivity contribution in [3.63, 3.8) is 0 Å². The molecule has 0 amide bonds. The van der Waals surface area contributed by atoms with Crippen molar-refractivity contribution in [2.24, 2.45) is 0 Å². The Labute approximate surface area is 232 Å². The Morgan fingerprint density at radius 3 is 2.46 bits per heavy atom. The second-order valence-corrected chi connectivity index (χ2v) is 12.0. The van der Waals surface area contributed by atoms with Crippen molar-refractivity contribution < 1.29 is 39.8 Å². The average Bonchev–Trinajstić information content (AvgIpc) is 3.50. The predicted molar refractivity (Wildman–Crippen MR) is 137 cm³/mol. The zero-order valence-corrected chi connectivity index (χ0v) is 22.9. The Kier molecular flexibility index (Phi) is 8.55. The summed E-state index contributed by atoms with van der Waals surface area (Å²) in [6.07, 6.45) is -5.28. The molecule has 2 saturated heterocycles. The number of aryl methyl sites for hydroxylation is 2. The molecule has 41 heavy (non-hydrogen) atoms. The number of nitrogens with zero attached hydrogens (tertiary/aromatic N) is 3. The molecule has 0 bridgehead atoms. The molecule has 224 valence electrons. The molecule has 1 unspecified atom stereocenters. The number of hydrogen-bond acceptors (Lipinski definition) is 13. The standard InChI is InChI=1S/C23H30N5O12P/c1-12-8-27(21(33)25-19(12)31)17-6-14(30)15(39-17)11-38-41(36,37-5-3-4-24)23(35)7-18(40-16(23)10-29)28-9-13(2)20(32)26-22(28)34/h8-9,14-18,29-30,35H,3,5-7,10-11H2,1-2H3,(H,25,31,33)(H,26,32,34)/t14-,15+,16+,17+,18+,23+,41?/m0/s1/i/hD. The Balaban J connectivity index is 1.60. The minimum Gasteiger partial charge on any atom is -0.394 e. The molecule has 5 N–H and O–H groups in total. The quantitative estimate of drug-likeness (QED) is 0.153. The highest BCUT2D eigenvalue weighted by atomic mass is 31.2. The SMILES string of the molecule is [2H]n1c(=O)c(C)cn([C@H]2C[C@H](O)[C@@H](COP(=O)(OCCC#N)[C@]3(O)C[C@H](n4cc(C)c(=O)[nH]c4=O)O[C@@H]3CO)O2)c1=O. The van der Waals surface area contributed by atoms with Gasteiger partial charge < -0.3 is 33.8 Å². The van der Waals surface area contributed by atoms with Crippen molar-refractivity contribution in [1.29, 1.82) is 5.26 Å². The van der Waals surface area contributed by atoms with Gasteiger partial charge in [0, 0.05) is 36.4 Å². The van der Waals surface area contributed by atoms with Gasteiger partial charge in [0.2, 0.25) is 0 Å². The largest absolute Gasteiger partial charge is 0.394 e. The molecule has 18 heteroatoms. The minimum absolute atomic E-state index is 0.0719. The summed E-state index contributed by atoms with van der Waals surface area (Å²) < 4.78 is 46.0. The first-order valence-corrected chi connectivity index (χ1v) is 14.0. The molecule has 0 radical (unpaired) electrons. The van der Waals surface area contributed by atoms with Crippen LogP contribution in [0.25, 0.3) is 0 Å². The molecule has 17 nitrogen and oxygen atoms in total. The van der Waals surface area contributed by atoms with Crippen molar-refractivity contribution >= 4 is 7.60 Å². The fourth-order valence-electron chi connectivity index (χ4n) is 4.61. The first-order chi connectivity index (χ1) is 19.8. The number of rotatable bonds is 10. The molecule has 4 rings (SSSR count). The van der Waals surface area contributed by atoms with Crippen molar-refractivity contribution in [2.45, 2.75) is 69.2 Å². The van der Waals surface area contributed by atoms with Crippen LogP contribution in [0.15, 0.2) is 31.6 Å². The highest BCUT2D eigenvalue weighted by Crippen LogP contribution is 2.66. The molecule has 2 aliphatic rings. The summed E-state index contributed by atoms with van der Waals surface area (Å²) in [5.41, 5.74) is -3.18. The van der Waals surface area contributed by atoms with Gasteiger partial charge in [-0.05, 0) is 13.8 Å². The van der Waals surface area contributed by atoms with E-state index in [1.807, 2.05) is 0 Å². The molecule has 0 aromatic carbocycles. The molecule has 2 aromatic heterocycles. The van der Waals surface area contributed by atoms with Gasteiger partial charge in [0.05, 0.1) is 38.4 Å². The van der Waals surface area contributed by atoms with Crippen molar-refractivity contribution in [1.82, 2.24) is 19.1 Å². The highest BCUT2D eigenvalue weighted by Gasteiger charge is 2.62. The Bertz CT molecular complexity index is 1660. The lowest BCUT2D eigenvalue weighted by molar-refractivity contribution is -0.0711. The van der Waals surface area contributed by atoms with E-state index in [1.54, 1.807) is 6.07 Å². The molecule has 2 fully saturated rings. The Morgan fingerprint density at radius 1 is 1.15 bits per heavy atom. The van der Waals surface area contributed by atoms with Gasteiger partial charge in [-0.15, -0.1) is 0 Å². The molecular formula is C23H30N5O12P. The second-order valence-electron chi connectivity index (χ2n) is 9.71. The maximum atomic E-state index is 14.2. The van der Waals surface area contributed by atoms with Gasteiger partial charge in [-0.2, -0.15) is 5.26 Å². The fourth-order valence-corrected chi connectivity index (χ4v) is 6.69. The number of aliphatic hydroxyl groups excluding tert-OH is 2. The third kappa shape index (κ3) is 5.92. The van der Waals surface area contributed by atoms with Crippen LogP contribution < -0.4 is 22.5 Å². The van der Waals surface area contributed by atoms with Gasteiger partial charge in [-0.1, -0.05) is 0 Å². The van der Waals surface area contributed by atoms with E-state index in [0.717, 1.165) is 9.13 Å². The van der Waals surface area contributed by atoms with E-state index in [9.17, 15) is 39.1 Å². The lowest BCUT2D eigenvalue weighted by Gasteiger charge is -2.34. The Morgan fingerprint density at radius 2 is 1.80 bits per heavy atom. The normalized spacial score (nSPS) is 29.7. The highest BCUT2D eigenvalue weighted by molar-refractivity contribution is 7.55. The number of ether oxygens (including phenoxy) is 2. The third-order valence-corrected chi connectivity index (χ3v) is 9.33. The molecule has 2 aromatic rings. The van der Waals surface area contributed by atoms with E-state index in [-0.39, 0.29) is 28.9 Å². The molecule has 0 spiro atoms. The topological polar surface area (TPSA) is 248 Å². The maximum absolute atomic E-state index is 14.2. The van der Waals surface area contributed by atoms with Crippen molar-refractivity contribution in [3.8, 4) is 6.07 Å². The maximum Gasteiger partial charge on any atom is 0.365 e. The predicted octanol–water partition coefficient (Wildman–Crippen LogP) is -1.54. The van der Waals surface area contributed by atoms with Crippen LogP contribution in [0, 0.1) is 25.2 Å². The summed E-state index contributed by atoms with van der Waals surface area (Å²) in [6.45, 7) is 0.787. The van der Waals surface area contributed by atoms with Gasteiger partial charge in [-0.25, -0.2) is 9.59 Å². The summed E-state index contributed by atoms with van der Waals surface area (Å²) in [7, 11) is -4.78. The fraction of sp³-hybridized carbons (Fsp3) is 0.609. The van der Waals surface area contributed by atoms with E-state index >= 15 is 0 Å². The monoisotopic (exact) mass is 600 g/mol. The van der Waals surface area contributed by atoms with Gasteiger partial charge in [0.25, 0.3) is 11.1 Å². The summed E-state index contributed by atoms with van der Waals surface area (Å²) in [5, 5.41) is 38.6. The van der Waals surface area contributed by atoms with Gasteiger partial charge in [0.15, 0.2) is 6.75 Å². The van der Waals surface area contributed by atoms with E-state index in [0.29, 0.717) is 0 Å². The van der Waals surface area contributed by atoms with E-state index in [2.05, 4.69) is 4.98 Å². The van der Waals surface area contributed by atoms with Crippen LogP contribution >= 0.6 is 7.60 Å². The zero-order valence-electron chi connectivity index (χ0n) is 23.0. The number of aromatic nitrogens is 4. The van der Waals surface area contributed by atoms with Crippen LogP contribution in [0.1, 0.15) is 42.8 Å². The van der Waals surface area contributed by atoms with Crippen molar-refractivity contribution in [2.75, 3.05) is 19.8 Å². The van der Waals surface area contributed by atoms with E-state index in [1.165, 1.54) is 26.2 Å². The number of aliphatic hydroxyl groups is 3. The van der Waals surface area contributed by atoms with Gasteiger partial charge in [0.1, 0.15) is 24.7 Å². The van der Waals surface area contributed by atoms with E-state index in [4.69, 9.17) is 25.2 Å². The summed E-state index contributed by atoms with van der Waals surface area (Å²) in [4.78, 5) is 50.8. The second kappa shape index (κ2) is 12.0. The molecule has 0 saturated carbocycles. The average molecular weight is 600 g/mol. The Hall–Kier alpha value is -3.20. The summed E-state index contributed by atoms with van der Waals surface area (Å²) in [6, 6.07) is 1.79. The molecule has 2 aliphatic heterocycles. The number of hydrogen-bond donors (Lipinski definition) is 5. The van der Waals surface area contributed by atoms with Crippen LogP contribution in [0.3, 0.4) is 0 Å². The molecule has 0 aliphatic carbocycles. The molecule has 4 heterocycles. The van der Waals surface area contributed by atoms with Gasteiger partial charge in [-0.3, -0.25) is 33.2 Å². The number of nitriles is 1. The van der Waals surface area contributed by atoms with E-state index < -0.39 is 92.4 Å². The first kappa shape index (κ1) is 29.3. The number of H-pyrrole nitrogens is 2. The van der Waals surface area contributed by atoms with Crippen LogP contribution in [0.5, 0.6) is 0 Å². The van der Waals surface area contributed by atoms with Crippen LogP contribution in [0.2, 0.25) is 1.41 Å². The van der Waals surface area contributed by atoms with Crippen LogP contribution in [-0.4, -0.2) is 77.9 Å². The van der Waals surface area contributed by atoms with Crippen LogP contribution in [-0.2, 0) is 23.1 Å². The minimum atomic E-state index is -4.78. The van der Waals surface area contributed by atoms with Gasteiger partial charge >= 0.3 is 19.0 Å². The number of nitrogens with one attached hydrogen (secondary N) is 2. The smallest absolute Gasteiger partial charge is 0.365 e. The summed E-state index contributed by atoms with van der Waals surface area (Å²) >= 11 is 0. The van der Waals surface area contributed by atoms with Crippen LogP contribution in [0.4, 0.5) is 0 Å².